The van der Waals surface area contributed by atoms with Gasteiger partial charge in [0.15, 0.2) is 0 Å². The van der Waals surface area contributed by atoms with Gasteiger partial charge in [-0.2, -0.15) is 0 Å². The lowest BCUT2D eigenvalue weighted by atomic mass is 10.0. The van der Waals surface area contributed by atoms with Crippen molar-refractivity contribution in [3.8, 4) is 0 Å². The normalized spacial score (nSPS) is 16.9. The van der Waals surface area contributed by atoms with E-state index in [1.165, 1.54) is 5.56 Å². The fourth-order valence-corrected chi connectivity index (χ4v) is 2.35. The Bertz CT molecular complexity index is 580. The van der Waals surface area contributed by atoms with Crippen molar-refractivity contribution in [1.29, 1.82) is 0 Å². The first-order valence-electron chi connectivity index (χ1n) is 6.52. The van der Waals surface area contributed by atoms with Gasteiger partial charge >= 0.3 is 0 Å². The van der Waals surface area contributed by atoms with E-state index in [-0.39, 0.29) is 5.66 Å². The van der Waals surface area contributed by atoms with Crippen LogP contribution in [0.25, 0.3) is 0 Å². The van der Waals surface area contributed by atoms with Crippen molar-refractivity contribution in [2.45, 2.75) is 19.5 Å². The van der Waals surface area contributed by atoms with E-state index >= 15 is 0 Å². The van der Waals surface area contributed by atoms with Crippen molar-refractivity contribution in [3.63, 3.8) is 0 Å². The Morgan fingerprint density at radius 2 is 1.32 bits per heavy atom. The third-order valence-corrected chi connectivity index (χ3v) is 3.17. The van der Waals surface area contributed by atoms with Gasteiger partial charge in [-0.05, 0) is 12.1 Å². The number of nitrogens with one attached hydrogen (secondary N) is 1. The van der Waals surface area contributed by atoms with Gasteiger partial charge in [0.2, 0.25) is 11.4 Å². The summed E-state index contributed by atoms with van der Waals surface area (Å²) in [6.45, 7) is 4.18. The van der Waals surface area contributed by atoms with Crippen LogP contribution < -0.4 is 4.99 Å². The molecule has 1 aliphatic heterocycles. The van der Waals surface area contributed by atoms with Crippen molar-refractivity contribution < 1.29 is 4.99 Å². The van der Waals surface area contributed by atoms with Crippen LogP contribution >= 0.6 is 0 Å². The minimum atomic E-state index is -0.254. The molecule has 2 aromatic carbocycles. The summed E-state index contributed by atoms with van der Waals surface area (Å²) in [5, 5.41) is 0. The zero-order valence-electron chi connectivity index (χ0n) is 11.2. The summed E-state index contributed by atoms with van der Waals surface area (Å²) < 4.78 is 0. The lowest BCUT2D eigenvalue weighted by Crippen LogP contribution is -2.82. The molecule has 0 aromatic heterocycles. The summed E-state index contributed by atoms with van der Waals surface area (Å²) in [4.78, 5) is 8.33. The molecule has 1 N–H and O–H groups in total. The first kappa shape index (κ1) is 11.8. The van der Waals surface area contributed by atoms with Crippen molar-refractivity contribution in [2.75, 3.05) is 0 Å². The molecule has 2 heteroatoms. The van der Waals surface area contributed by atoms with Gasteiger partial charge in [-0.25, -0.2) is 9.98 Å². The topological polar surface area (TPSA) is 26.3 Å². The Morgan fingerprint density at radius 3 is 1.89 bits per heavy atom. The molecule has 1 aliphatic rings. The van der Waals surface area contributed by atoms with Gasteiger partial charge < -0.3 is 0 Å². The zero-order chi connectivity index (χ0) is 13.3. The van der Waals surface area contributed by atoms with Gasteiger partial charge in [-0.3, -0.25) is 0 Å². The first-order valence-corrected chi connectivity index (χ1v) is 6.52. The second-order valence-corrected chi connectivity index (χ2v) is 5.25. The fraction of sp³-hybridized carbons (Fsp3) is 0.176. The highest BCUT2D eigenvalue weighted by molar-refractivity contribution is 6.52. The Kier molecular flexibility index (Phi) is 2.79. The highest BCUT2D eigenvalue weighted by Gasteiger charge is 2.35. The van der Waals surface area contributed by atoms with Crippen molar-refractivity contribution in [2.24, 2.45) is 4.99 Å². The third-order valence-electron chi connectivity index (χ3n) is 3.17. The standard InChI is InChI=1S/C17H16N2/c1-17(2)18-15(13-9-5-3-6-10-13)16(19-17)14-11-7-4-8-12-14/h3-12H,1-2H3/p+1. The van der Waals surface area contributed by atoms with Crippen LogP contribution in [0.15, 0.2) is 65.7 Å². The number of nitrogens with zero attached hydrogens (tertiary/aromatic N) is 1. The van der Waals surface area contributed by atoms with Crippen LogP contribution in [-0.4, -0.2) is 17.1 Å². The van der Waals surface area contributed by atoms with Gasteiger partial charge in [-0.1, -0.05) is 48.5 Å². The van der Waals surface area contributed by atoms with Crippen molar-refractivity contribution in [1.82, 2.24) is 0 Å². The highest BCUT2D eigenvalue weighted by Crippen LogP contribution is 2.14. The molecule has 19 heavy (non-hydrogen) atoms. The number of benzene rings is 2. The number of hydrogen-bond donors (Lipinski definition) is 1. The fourth-order valence-electron chi connectivity index (χ4n) is 2.35. The van der Waals surface area contributed by atoms with Gasteiger partial charge in [0.25, 0.3) is 0 Å². The van der Waals surface area contributed by atoms with Crippen LogP contribution in [0.1, 0.15) is 25.0 Å². The molecule has 0 bridgehead atoms. The SMILES string of the molecule is CC1(C)N=C(c2ccccc2)C(c2ccccc2)=[NH+]1. The quantitative estimate of drug-likeness (QED) is 0.840. The second-order valence-electron chi connectivity index (χ2n) is 5.25. The Hall–Kier alpha value is -2.22. The Morgan fingerprint density at radius 1 is 0.789 bits per heavy atom. The van der Waals surface area contributed by atoms with Gasteiger partial charge in [-0.15, -0.1) is 0 Å². The van der Waals surface area contributed by atoms with Gasteiger partial charge in [0.1, 0.15) is 5.71 Å². The van der Waals surface area contributed by atoms with E-state index in [1.807, 2.05) is 24.3 Å². The maximum atomic E-state index is 4.82. The number of hydrogen-bond acceptors (Lipinski definition) is 1. The van der Waals surface area contributed by atoms with E-state index in [2.05, 4.69) is 55.2 Å². The Labute approximate surface area is 113 Å². The minimum Gasteiger partial charge on any atom is -0.215 e. The van der Waals surface area contributed by atoms with Crippen LogP contribution in [0, 0.1) is 0 Å². The van der Waals surface area contributed by atoms with Crippen LogP contribution in [0.4, 0.5) is 0 Å². The predicted octanol–water partition coefficient (Wildman–Crippen LogP) is 1.80. The summed E-state index contributed by atoms with van der Waals surface area (Å²) in [5.74, 6) is 0. The lowest BCUT2D eigenvalue weighted by molar-refractivity contribution is -0.535. The largest absolute Gasteiger partial charge is 0.249 e. The van der Waals surface area contributed by atoms with E-state index in [9.17, 15) is 0 Å². The average molecular weight is 249 g/mol. The minimum absolute atomic E-state index is 0.254. The molecule has 0 saturated carbocycles. The molecule has 3 rings (SSSR count). The molecular formula is C17H17N2+. The molecular weight excluding hydrogens is 232 g/mol. The second kappa shape index (κ2) is 4.47. The van der Waals surface area contributed by atoms with E-state index < -0.39 is 0 Å². The summed E-state index contributed by atoms with van der Waals surface area (Å²) >= 11 is 0. The molecule has 0 aliphatic carbocycles. The van der Waals surface area contributed by atoms with E-state index in [4.69, 9.17) is 4.99 Å². The molecule has 2 aromatic rings. The van der Waals surface area contributed by atoms with E-state index in [0.717, 1.165) is 17.0 Å². The molecule has 0 radical (unpaired) electrons. The zero-order valence-corrected chi connectivity index (χ0v) is 11.2. The number of rotatable bonds is 2. The van der Waals surface area contributed by atoms with Crippen molar-refractivity contribution in [3.05, 3.63) is 71.8 Å². The van der Waals surface area contributed by atoms with Crippen LogP contribution in [-0.2, 0) is 0 Å². The molecule has 2 nitrogen and oxygen atoms in total. The molecule has 0 amide bonds. The monoisotopic (exact) mass is 249 g/mol. The van der Waals surface area contributed by atoms with E-state index in [1.54, 1.807) is 0 Å². The van der Waals surface area contributed by atoms with E-state index in [0.29, 0.717) is 0 Å². The summed E-state index contributed by atoms with van der Waals surface area (Å²) in [6.07, 6.45) is 0. The van der Waals surface area contributed by atoms with Gasteiger partial charge in [0, 0.05) is 25.0 Å². The van der Waals surface area contributed by atoms with Crippen molar-refractivity contribution >= 4 is 11.4 Å². The van der Waals surface area contributed by atoms with Crippen LogP contribution in [0.5, 0.6) is 0 Å². The predicted molar refractivity (Wildman–Crippen MR) is 78.6 cm³/mol. The lowest BCUT2D eigenvalue weighted by Gasteiger charge is -2.01. The summed E-state index contributed by atoms with van der Waals surface area (Å²) in [7, 11) is 0. The molecule has 0 spiro atoms. The average Bonchev–Trinajstić information content (AvgIpc) is 2.77. The maximum Gasteiger partial charge on any atom is 0.249 e. The maximum absolute atomic E-state index is 4.82. The molecule has 0 atom stereocenters. The molecule has 0 fully saturated rings. The first-order chi connectivity index (χ1) is 9.16. The smallest absolute Gasteiger partial charge is 0.215 e. The number of aliphatic imine (C=N–C) groups is 1. The summed E-state index contributed by atoms with van der Waals surface area (Å²) in [5.41, 5.74) is 4.22. The Balaban J connectivity index is 2.11. The summed E-state index contributed by atoms with van der Waals surface area (Å²) in [6, 6.07) is 20.7. The van der Waals surface area contributed by atoms with Gasteiger partial charge in [0.05, 0.1) is 0 Å². The molecule has 1 heterocycles. The van der Waals surface area contributed by atoms with Crippen LogP contribution in [0.2, 0.25) is 0 Å². The van der Waals surface area contributed by atoms with Crippen LogP contribution in [0.3, 0.4) is 0 Å². The molecule has 0 unspecified atom stereocenters. The molecule has 94 valence electrons. The highest BCUT2D eigenvalue weighted by atomic mass is 15.1. The third kappa shape index (κ3) is 2.34. The molecule has 0 saturated heterocycles.